The molecule has 0 aliphatic carbocycles. The second-order valence-electron chi connectivity index (χ2n) is 6.90. The Morgan fingerprint density at radius 2 is 2.07 bits per heavy atom. The number of likely N-dealkylation sites (tertiary alicyclic amines) is 1. The maximum absolute atomic E-state index is 13.9. The summed E-state index contributed by atoms with van der Waals surface area (Å²) in [4.78, 5) is 26.5. The maximum Gasteiger partial charge on any atom is 0.259 e. The van der Waals surface area contributed by atoms with Crippen LogP contribution in [-0.2, 0) is 6.42 Å². The number of amides is 2. The molecule has 1 N–H and O–H groups in total. The molecule has 0 saturated carbocycles. The van der Waals surface area contributed by atoms with Gasteiger partial charge in [-0.25, -0.2) is 4.39 Å². The highest BCUT2D eigenvalue weighted by molar-refractivity contribution is 5.96. The van der Waals surface area contributed by atoms with Crippen LogP contribution in [0.1, 0.15) is 51.8 Å². The standard InChI is InChI=1S/C20H24FN3O3/c1-3-4-14-5-7-15(8-6-14)19(25)22-10-17-9-16(21)12-24(17)20(26)18-11-23-27-13(18)2/h5-8,11,16-17H,3-4,9-10,12H2,1-2H3,(H,22,25)/t16-,17-/m0/s1. The van der Waals surface area contributed by atoms with Gasteiger partial charge in [0.25, 0.3) is 11.8 Å². The van der Waals surface area contributed by atoms with Gasteiger partial charge in [-0.05, 0) is 31.0 Å². The number of nitrogens with zero attached hydrogens (tertiary/aromatic N) is 2. The zero-order chi connectivity index (χ0) is 19.4. The van der Waals surface area contributed by atoms with Gasteiger partial charge in [0.1, 0.15) is 17.5 Å². The Kier molecular flexibility index (Phi) is 5.88. The minimum Gasteiger partial charge on any atom is -0.361 e. The average Bonchev–Trinajstić information content (AvgIpc) is 3.25. The third kappa shape index (κ3) is 4.35. The number of alkyl halides is 1. The van der Waals surface area contributed by atoms with E-state index in [2.05, 4.69) is 17.4 Å². The lowest BCUT2D eigenvalue weighted by Crippen LogP contribution is -2.43. The van der Waals surface area contributed by atoms with Gasteiger partial charge in [-0.1, -0.05) is 30.6 Å². The van der Waals surface area contributed by atoms with Crippen LogP contribution in [-0.4, -0.2) is 47.2 Å². The van der Waals surface area contributed by atoms with Crippen LogP contribution >= 0.6 is 0 Å². The van der Waals surface area contributed by atoms with Crippen molar-refractivity contribution in [1.29, 1.82) is 0 Å². The summed E-state index contributed by atoms with van der Waals surface area (Å²) in [5.41, 5.74) is 2.07. The van der Waals surface area contributed by atoms with Gasteiger partial charge in [0, 0.05) is 18.5 Å². The highest BCUT2D eigenvalue weighted by atomic mass is 19.1. The number of hydrogen-bond donors (Lipinski definition) is 1. The molecule has 1 fully saturated rings. The molecule has 6 nitrogen and oxygen atoms in total. The monoisotopic (exact) mass is 373 g/mol. The van der Waals surface area contributed by atoms with Crippen molar-refractivity contribution in [2.75, 3.05) is 13.1 Å². The molecule has 1 aliphatic heterocycles. The molecule has 3 rings (SSSR count). The SMILES string of the molecule is CCCc1ccc(C(=O)NC[C@@H]2C[C@H](F)CN2C(=O)c2cnoc2C)cc1. The van der Waals surface area contributed by atoms with Gasteiger partial charge < -0.3 is 14.7 Å². The van der Waals surface area contributed by atoms with E-state index in [-0.39, 0.29) is 31.3 Å². The normalized spacial score (nSPS) is 19.3. The molecule has 1 saturated heterocycles. The number of aryl methyl sites for hydroxylation is 2. The van der Waals surface area contributed by atoms with Crippen molar-refractivity contribution in [3.63, 3.8) is 0 Å². The number of nitrogens with one attached hydrogen (secondary N) is 1. The first-order valence-corrected chi connectivity index (χ1v) is 9.23. The topological polar surface area (TPSA) is 75.4 Å². The summed E-state index contributed by atoms with van der Waals surface area (Å²) >= 11 is 0. The summed E-state index contributed by atoms with van der Waals surface area (Å²) in [7, 11) is 0. The van der Waals surface area contributed by atoms with Crippen molar-refractivity contribution in [3.05, 3.63) is 52.9 Å². The Hall–Kier alpha value is -2.70. The zero-order valence-corrected chi connectivity index (χ0v) is 15.6. The Morgan fingerprint density at radius 1 is 1.33 bits per heavy atom. The van der Waals surface area contributed by atoms with Gasteiger partial charge in [0.2, 0.25) is 0 Å². The van der Waals surface area contributed by atoms with E-state index in [1.165, 1.54) is 16.7 Å². The number of benzene rings is 1. The first kappa shape index (κ1) is 19.1. The van der Waals surface area contributed by atoms with Gasteiger partial charge in [-0.2, -0.15) is 0 Å². The number of carbonyl (C=O) groups is 2. The third-order valence-corrected chi connectivity index (χ3v) is 4.86. The molecule has 0 unspecified atom stereocenters. The second kappa shape index (κ2) is 8.33. The predicted molar refractivity (Wildman–Crippen MR) is 98.3 cm³/mol. The van der Waals surface area contributed by atoms with Crippen molar-refractivity contribution >= 4 is 11.8 Å². The number of halogens is 1. The van der Waals surface area contributed by atoms with Crippen LogP contribution in [0.3, 0.4) is 0 Å². The van der Waals surface area contributed by atoms with Gasteiger partial charge in [0.05, 0.1) is 18.8 Å². The molecular formula is C20H24FN3O3. The quantitative estimate of drug-likeness (QED) is 0.845. The molecule has 0 bridgehead atoms. The van der Waals surface area contributed by atoms with Crippen LogP contribution < -0.4 is 5.32 Å². The highest BCUT2D eigenvalue weighted by Gasteiger charge is 2.37. The summed E-state index contributed by atoms with van der Waals surface area (Å²) in [6.07, 6.45) is 2.46. The van der Waals surface area contributed by atoms with Crippen molar-refractivity contribution < 1.29 is 18.5 Å². The van der Waals surface area contributed by atoms with Gasteiger partial charge in [-0.15, -0.1) is 0 Å². The van der Waals surface area contributed by atoms with Crippen molar-refractivity contribution in [1.82, 2.24) is 15.4 Å². The molecule has 1 aromatic carbocycles. The Labute approximate surface area is 157 Å². The number of aromatic nitrogens is 1. The molecular weight excluding hydrogens is 349 g/mol. The minimum atomic E-state index is -1.11. The van der Waals surface area contributed by atoms with Crippen molar-refractivity contribution in [3.8, 4) is 0 Å². The number of carbonyl (C=O) groups excluding carboxylic acids is 2. The molecule has 0 radical (unpaired) electrons. The summed E-state index contributed by atoms with van der Waals surface area (Å²) in [6, 6.07) is 7.06. The fourth-order valence-electron chi connectivity index (χ4n) is 3.38. The lowest BCUT2D eigenvalue weighted by atomic mass is 10.1. The average molecular weight is 373 g/mol. The first-order chi connectivity index (χ1) is 13.0. The summed E-state index contributed by atoms with van der Waals surface area (Å²) in [6.45, 7) is 3.96. The van der Waals surface area contributed by atoms with Crippen molar-refractivity contribution in [2.24, 2.45) is 0 Å². The van der Waals surface area contributed by atoms with Crippen LogP contribution in [0.2, 0.25) is 0 Å². The van der Waals surface area contributed by atoms with E-state index in [1.54, 1.807) is 19.1 Å². The highest BCUT2D eigenvalue weighted by Crippen LogP contribution is 2.23. The molecule has 1 aromatic heterocycles. The summed E-state index contributed by atoms with van der Waals surface area (Å²) in [5, 5.41) is 6.43. The fraction of sp³-hybridized carbons (Fsp3) is 0.450. The number of rotatable bonds is 6. The molecule has 2 aromatic rings. The van der Waals surface area contributed by atoms with E-state index in [1.807, 2.05) is 12.1 Å². The molecule has 2 atom stereocenters. The predicted octanol–water partition coefficient (Wildman–Crippen LogP) is 2.92. The van der Waals surface area contributed by atoms with E-state index in [4.69, 9.17) is 4.52 Å². The molecule has 1 aliphatic rings. The second-order valence-corrected chi connectivity index (χ2v) is 6.90. The summed E-state index contributed by atoms with van der Waals surface area (Å²) < 4.78 is 18.9. The molecule has 7 heteroatoms. The van der Waals surface area contributed by atoms with E-state index in [9.17, 15) is 14.0 Å². The van der Waals surface area contributed by atoms with Crippen LogP contribution in [0.25, 0.3) is 0 Å². The molecule has 27 heavy (non-hydrogen) atoms. The molecule has 0 spiro atoms. The number of hydrogen-bond acceptors (Lipinski definition) is 4. The van der Waals surface area contributed by atoms with E-state index >= 15 is 0 Å². The van der Waals surface area contributed by atoms with Crippen molar-refractivity contribution in [2.45, 2.75) is 45.3 Å². The molecule has 2 amide bonds. The Balaban J connectivity index is 1.62. The van der Waals surface area contributed by atoms with Crippen LogP contribution in [0.15, 0.2) is 35.0 Å². The zero-order valence-electron chi connectivity index (χ0n) is 15.6. The van der Waals surface area contributed by atoms with E-state index in [0.717, 1.165) is 12.8 Å². The van der Waals surface area contributed by atoms with Gasteiger partial charge in [-0.3, -0.25) is 9.59 Å². The van der Waals surface area contributed by atoms with Gasteiger partial charge in [0.15, 0.2) is 0 Å². The smallest absolute Gasteiger partial charge is 0.259 e. The fourth-order valence-corrected chi connectivity index (χ4v) is 3.38. The van der Waals surface area contributed by atoms with Gasteiger partial charge >= 0.3 is 0 Å². The first-order valence-electron chi connectivity index (χ1n) is 9.23. The largest absolute Gasteiger partial charge is 0.361 e. The lowest BCUT2D eigenvalue weighted by molar-refractivity contribution is 0.0717. The van der Waals surface area contributed by atoms with E-state index < -0.39 is 12.2 Å². The molecule has 2 heterocycles. The van der Waals surface area contributed by atoms with Crippen LogP contribution in [0.4, 0.5) is 4.39 Å². The maximum atomic E-state index is 13.9. The third-order valence-electron chi connectivity index (χ3n) is 4.86. The summed E-state index contributed by atoms with van der Waals surface area (Å²) in [5.74, 6) is -0.150. The Morgan fingerprint density at radius 3 is 2.70 bits per heavy atom. The Bertz CT molecular complexity index is 803. The minimum absolute atomic E-state index is 0.00963. The lowest BCUT2D eigenvalue weighted by Gasteiger charge is -2.24. The van der Waals surface area contributed by atoms with Crippen LogP contribution in [0.5, 0.6) is 0 Å². The van der Waals surface area contributed by atoms with E-state index in [0.29, 0.717) is 16.9 Å². The molecule has 144 valence electrons. The van der Waals surface area contributed by atoms with Crippen LogP contribution in [0, 0.1) is 6.92 Å².